The summed E-state index contributed by atoms with van der Waals surface area (Å²) in [5.41, 5.74) is 0.553. The molecule has 1 saturated carbocycles. The molecule has 2 aromatic carbocycles. The summed E-state index contributed by atoms with van der Waals surface area (Å²) in [7, 11) is -0.970. The molecular formula is C18H20N2O5S. The average Bonchev–Trinajstić information content (AvgIpc) is 3.45. The third-order valence-electron chi connectivity index (χ3n) is 3.97. The SMILES string of the molecule is COc1ccc(OC)c(NS(=O)(=O)c2cccc(C(=O)NC3CC3)c2)c1. The Hall–Kier alpha value is -2.74. The first-order valence-electron chi connectivity index (χ1n) is 8.09. The molecule has 0 aromatic heterocycles. The van der Waals surface area contributed by atoms with Crippen LogP contribution in [0.15, 0.2) is 47.4 Å². The largest absolute Gasteiger partial charge is 0.497 e. The lowest BCUT2D eigenvalue weighted by Gasteiger charge is -2.13. The van der Waals surface area contributed by atoms with Crippen LogP contribution in [0, 0.1) is 0 Å². The van der Waals surface area contributed by atoms with E-state index >= 15 is 0 Å². The Bertz CT molecular complexity index is 923. The minimum Gasteiger partial charge on any atom is -0.497 e. The quantitative estimate of drug-likeness (QED) is 0.774. The zero-order valence-electron chi connectivity index (χ0n) is 14.5. The number of carbonyl (C=O) groups is 1. The normalized spacial score (nSPS) is 13.8. The number of nitrogens with one attached hydrogen (secondary N) is 2. The Kier molecular flexibility index (Phi) is 5.03. The van der Waals surface area contributed by atoms with Gasteiger partial charge in [-0.3, -0.25) is 9.52 Å². The Morgan fingerprint density at radius 2 is 1.85 bits per heavy atom. The molecule has 7 nitrogen and oxygen atoms in total. The van der Waals surface area contributed by atoms with Crippen molar-refractivity contribution in [3.8, 4) is 11.5 Å². The van der Waals surface area contributed by atoms with Crippen molar-refractivity contribution in [1.29, 1.82) is 0 Å². The summed E-state index contributed by atoms with van der Waals surface area (Å²) >= 11 is 0. The molecule has 2 aromatic rings. The Labute approximate surface area is 152 Å². The van der Waals surface area contributed by atoms with Crippen molar-refractivity contribution in [1.82, 2.24) is 5.32 Å². The molecule has 2 N–H and O–H groups in total. The van der Waals surface area contributed by atoms with Crippen LogP contribution >= 0.6 is 0 Å². The van der Waals surface area contributed by atoms with Gasteiger partial charge in [-0.15, -0.1) is 0 Å². The van der Waals surface area contributed by atoms with Crippen LogP contribution in [-0.2, 0) is 10.0 Å². The van der Waals surface area contributed by atoms with Crippen LogP contribution in [0.2, 0.25) is 0 Å². The molecule has 3 rings (SSSR count). The fourth-order valence-electron chi connectivity index (χ4n) is 2.40. The maximum Gasteiger partial charge on any atom is 0.262 e. The van der Waals surface area contributed by atoms with Crippen LogP contribution in [0.3, 0.4) is 0 Å². The number of benzene rings is 2. The number of hydrogen-bond acceptors (Lipinski definition) is 5. The Morgan fingerprint density at radius 3 is 2.50 bits per heavy atom. The summed E-state index contributed by atoms with van der Waals surface area (Å²) in [6.45, 7) is 0. The van der Waals surface area contributed by atoms with E-state index in [2.05, 4.69) is 10.0 Å². The predicted octanol–water partition coefficient (Wildman–Crippen LogP) is 2.40. The molecule has 26 heavy (non-hydrogen) atoms. The van der Waals surface area contributed by atoms with Gasteiger partial charge >= 0.3 is 0 Å². The molecule has 0 unspecified atom stereocenters. The Balaban J connectivity index is 1.87. The topological polar surface area (TPSA) is 93.7 Å². The second-order valence-corrected chi connectivity index (χ2v) is 7.63. The maximum absolute atomic E-state index is 12.7. The van der Waals surface area contributed by atoms with E-state index in [1.807, 2.05) is 0 Å². The molecule has 1 fully saturated rings. The molecule has 0 heterocycles. The first-order chi connectivity index (χ1) is 12.4. The van der Waals surface area contributed by atoms with Crippen molar-refractivity contribution in [2.45, 2.75) is 23.8 Å². The second kappa shape index (κ2) is 7.25. The van der Waals surface area contributed by atoms with E-state index in [1.165, 1.54) is 32.4 Å². The van der Waals surface area contributed by atoms with E-state index in [9.17, 15) is 13.2 Å². The number of amides is 1. The molecule has 0 saturated heterocycles. The lowest BCUT2D eigenvalue weighted by molar-refractivity contribution is 0.0951. The van der Waals surface area contributed by atoms with Gasteiger partial charge in [0.1, 0.15) is 11.5 Å². The third-order valence-corrected chi connectivity index (χ3v) is 5.33. The highest BCUT2D eigenvalue weighted by Crippen LogP contribution is 2.31. The number of hydrogen-bond donors (Lipinski definition) is 2. The summed E-state index contributed by atoms with van der Waals surface area (Å²) in [5, 5.41) is 2.84. The molecule has 0 radical (unpaired) electrons. The van der Waals surface area contributed by atoms with Crippen LogP contribution in [0.5, 0.6) is 11.5 Å². The van der Waals surface area contributed by atoms with Crippen molar-refractivity contribution in [3.63, 3.8) is 0 Å². The highest BCUT2D eigenvalue weighted by Gasteiger charge is 2.25. The van der Waals surface area contributed by atoms with Crippen LogP contribution in [-0.4, -0.2) is 34.6 Å². The number of ether oxygens (including phenoxy) is 2. The van der Waals surface area contributed by atoms with Gasteiger partial charge in [0.15, 0.2) is 0 Å². The average molecular weight is 376 g/mol. The molecule has 1 aliphatic carbocycles. The van der Waals surface area contributed by atoms with Gasteiger partial charge < -0.3 is 14.8 Å². The highest BCUT2D eigenvalue weighted by atomic mass is 32.2. The monoisotopic (exact) mass is 376 g/mol. The van der Waals surface area contributed by atoms with Crippen LogP contribution in [0.4, 0.5) is 5.69 Å². The number of rotatable bonds is 7. The van der Waals surface area contributed by atoms with E-state index in [0.29, 0.717) is 17.1 Å². The van der Waals surface area contributed by atoms with Gasteiger partial charge in [0.25, 0.3) is 15.9 Å². The molecule has 0 bridgehead atoms. The van der Waals surface area contributed by atoms with Gasteiger partial charge in [0.05, 0.1) is 24.8 Å². The summed E-state index contributed by atoms with van der Waals surface area (Å²) < 4.78 is 38.3. The fourth-order valence-corrected chi connectivity index (χ4v) is 3.51. The smallest absolute Gasteiger partial charge is 0.262 e. The zero-order valence-corrected chi connectivity index (χ0v) is 15.3. The highest BCUT2D eigenvalue weighted by molar-refractivity contribution is 7.92. The lowest BCUT2D eigenvalue weighted by Crippen LogP contribution is -2.25. The number of sulfonamides is 1. The summed E-state index contributed by atoms with van der Waals surface area (Å²) in [5.74, 6) is 0.571. The van der Waals surface area contributed by atoms with Crippen LogP contribution in [0.1, 0.15) is 23.2 Å². The molecular weight excluding hydrogens is 356 g/mol. The van der Waals surface area contributed by atoms with Crippen LogP contribution in [0.25, 0.3) is 0 Å². The molecule has 138 valence electrons. The molecule has 0 spiro atoms. The van der Waals surface area contributed by atoms with Gasteiger partial charge in [-0.1, -0.05) is 6.07 Å². The molecule has 0 atom stereocenters. The second-order valence-electron chi connectivity index (χ2n) is 5.95. The van der Waals surface area contributed by atoms with E-state index in [0.717, 1.165) is 12.8 Å². The van der Waals surface area contributed by atoms with Crippen molar-refractivity contribution >= 4 is 21.6 Å². The zero-order chi connectivity index (χ0) is 18.7. The molecule has 0 aliphatic heterocycles. The first-order valence-corrected chi connectivity index (χ1v) is 9.57. The minimum absolute atomic E-state index is 0.00850. The van der Waals surface area contributed by atoms with Crippen molar-refractivity contribution in [2.75, 3.05) is 18.9 Å². The summed E-state index contributed by atoms with van der Waals surface area (Å²) in [4.78, 5) is 12.1. The summed E-state index contributed by atoms with van der Waals surface area (Å²) in [6.07, 6.45) is 1.92. The minimum atomic E-state index is -3.91. The van der Waals surface area contributed by atoms with E-state index < -0.39 is 10.0 Å². The van der Waals surface area contributed by atoms with Gasteiger partial charge in [-0.05, 0) is 43.2 Å². The van der Waals surface area contributed by atoms with E-state index in [1.54, 1.807) is 24.3 Å². The summed E-state index contributed by atoms with van der Waals surface area (Å²) in [6, 6.07) is 10.9. The number of anilines is 1. The molecule has 8 heteroatoms. The predicted molar refractivity (Wildman–Crippen MR) is 97.3 cm³/mol. The molecule has 1 amide bonds. The number of carbonyl (C=O) groups excluding carboxylic acids is 1. The van der Waals surface area contributed by atoms with Crippen molar-refractivity contribution in [2.24, 2.45) is 0 Å². The van der Waals surface area contributed by atoms with Crippen molar-refractivity contribution in [3.05, 3.63) is 48.0 Å². The van der Waals surface area contributed by atoms with Gasteiger partial charge in [0.2, 0.25) is 0 Å². The maximum atomic E-state index is 12.7. The standard InChI is InChI=1S/C18H20N2O5S/c1-24-14-8-9-17(25-2)16(11-14)20-26(22,23)15-5-3-4-12(10-15)18(21)19-13-6-7-13/h3-5,8-11,13,20H,6-7H2,1-2H3,(H,19,21). The van der Waals surface area contributed by atoms with Crippen LogP contribution < -0.4 is 19.5 Å². The molecule has 1 aliphatic rings. The number of methoxy groups -OCH3 is 2. The first kappa shape index (κ1) is 18.1. The third kappa shape index (κ3) is 4.08. The van der Waals surface area contributed by atoms with E-state index in [4.69, 9.17) is 9.47 Å². The lowest BCUT2D eigenvalue weighted by atomic mass is 10.2. The van der Waals surface area contributed by atoms with E-state index in [-0.39, 0.29) is 22.5 Å². The fraction of sp³-hybridized carbons (Fsp3) is 0.278. The van der Waals surface area contributed by atoms with Gasteiger partial charge in [-0.2, -0.15) is 0 Å². The Morgan fingerprint density at radius 1 is 1.08 bits per heavy atom. The van der Waals surface area contributed by atoms with Gasteiger partial charge in [-0.25, -0.2) is 8.42 Å². The van der Waals surface area contributed by atoms with Crippen molar-refractivity contribution < 1.29 is 22.7 Å². The van der Waals surface area contributed by atoms with Gasteiger partial charge in [0, 0.05) is 17.7 Å².